The van der Waals surface area contributed by atoms with Gasteiger partial charge in [-0.1, -0.05) is 6.07 Å². The maximum Gasteiger partial charge on any atom is 0.224 e. The minimum absolute atomic E-state index is 0.0899. The molecular formula is C18H24N2OS. The van der Waals surface area contributed by atoms with E-state index in [2.05, 4.69) is 53.7 Å². The average molecular weight is 316 g/mol. The van der Waals surface area contributed by atoms with Crippen LogP contribution in [0, 0.1) is 0 Å². The summed E-state index contributed by atoms with van der Waals surface area (Å²) in [5.41, 5.74) is 2.07. The molecule has 0 aliphatic carbocycles. The van der Waals surface area contributed by atoms with Crippen molar-refractivity contribution in [3.8, 4) is 0 Å². The zero-order valence-electron chi connectivity index (χ0n) is 13.3. The highest BCUT2D eigenvalue weighted by Crippen LogP contribution is 2.18. The number of amides is 1. The summed E-state index contributed by atoms with van der Waals surface area (Å²) in [5.74, 6) is 0.0899. The van der Waals surface area contributed by atoms with Crippen LogP contribution in [0.2, 0.25) is 0 Å². The first-order valence-corrected chi connectivity index (χ1v) is 8.78. The van der Waals surface area contributed by atoms with Gasteiger partial charge in [0, 0.05) is 35.8 Å². The lowest BCUT2D eigenvalue weighted by Crippen LogP contribution is -2.21. The van der Waals surface area contributed by atoms with E-state index < -0.39 is 0 Å². The van der Waals surface area contributed by atoms with E-state index in [-0.39, 0.29) is 5.91 Å². The van der Waals surface area contributed by atoms with Crippen molar-refractivity contribution in [2.24, 2.45) is 0 Å². The van der Waals surface area contributed by atoms with E-state index >= 15 is 0 Å². The molecule has 0 spiro atoms. The molecule has 0 fully saturated rings. The number of hydrogen-bond acceptors (Lipinski definition) is 3. The minimum Gasteiger partial charge on any atom is -0.372 e. The Hall–Kier alpha value is -1.81. The van der Waals surface area contributed by atoms with E-state index in [1.165, 1.54) is 10.6 Å². The summed E-state index contributed by atoms with van der Waals surface area (Å²) in [6.07, 6.45) is 2.44. The van der Waals surface area contributed by atoms with Crippen LogP contribution in [-0.2, 0) is 11.2 Å². The second-order valence-corrected chi connectivity index (χ2v) is 6.23. The minimum atomic E-state index is 0.0899. The first-order valence-electron chi connectivity index (χ1n) is 7.90. The Balaban J connectivity index is 1.78. The molecule has 1 aromatic carbocycles. The van der Waals surface area contributed by atoms with Crippen LogP contribution in [0.1, 0.15) is 31.6 Å². The summed E-state index contributed by atoms with van der Waals surface area (Å²) < 4.78 is 0. The molecule has 0 saturated heterocycles. The molecule has 0 saturated carbocycles. The van der Waals surface area contributed by atoms with E-state index in [1.807, 2.05) is 12.1 Å². The van der Waals surface area contributed by atoms with E-state index in [4.69, 9.17) is 0 Å². The van der Waals surface area contributed by atoms with Crippen LogP contribution in [0.5, 0.6) is 0 Å². The van der Waals surface area contributed by atoms with Crippen LogP contribution in [-0.4, -0.2) is 19.0 Å². The second kappa shape index (κ2) is 8.59. The van der Waals surface area contributed by atoms with Gasteiger partial charge in [0.15, 0.2) is 0 Å². The first kappa shape index (κ1) is 16.6. The monoisotopic (exact) mass is 316 g/mol. The summed E-state index contributed by atoms with van der Waals surface area (Å²) in [7, 11) is 0. The summed E-state index contributed by atoms with van der Waals surface area (Å²) >= 11 is 1.75. The number of carbonyl (C=O) groups excluding carboxylic acids is 1. The lowest BCUT2D eigenvalue weighted by atomic mass is 10.2. The van der Waals surface area contributed by atoms with Crippen molar-refractivity contribution in [2.75, 3.05) is 23.3 Å². The molecule has 118 valence electrons. The lowest BCUT2D eigenvalue weighted by Gasteiger charge is -2.21. The highest BCUT2D eigenvalue weighted by Gasteiger charge is 2.05. The molecule has 0 aliphatic rings. The molecule has 4 heteroatoms. The van der Waals surface area contributed by atoms with Gasteiger partial charge in [0.25, 0.3) is 0 Å². The number of hydrogen-bond donors (Lipinski definition) is 1. The SMILES string of the molecule is CCN(CC)c1ccc(NC(=O)CCCc2cccs2)cc1. The molecule has 0 unspecified atom stereocenters. The third-order valence-corrected chi connectivity index (χ3v) is 4.62. The van der Waals surface area contributed by atoms with Crippen molar-refractivity contribution in [1.29, 1.82) is 0 Å². The molecule has 2 rings (SSSR count). The Bertz CT molecular complexity index is 559. The molecular weight excluding hydrogens is 292 g/mol. The Kier molecular flexibility index (Phi) is 6.46. The van der Waals surface area contributed by atoms with Gasteiger partial charge in [0.05, 0.1) is 0 Å². The highest BCUT2D eigenvalue weighted by molar-refractivity contribution is 7.09. The third-order valence-electron chi connectivity index (χ3n) is 3.69. The number of nitrogens with one attached hydrogen (secondary N) is 1. The first-order chi connectivity index (χ1) is 10.7. The summed E-state index contributed by atoms with van der Waals surface area (Å²) in [4.78, 5) is 15.6. The van der Waals surface area contributed by atoms with Crippen molar-refractivity contribution >= 4 is 28.6 Å². The molecule has 0 radical (unpaired) electrons. The van der Waals surface area contributed by atoms with E-state index in [0.717, 1.165) is 31.6 Å². The quantitative estimate of drug-likeness (QED) is 0.774. The Morgan fingerprint density at radius 1 is 1.14 bits per heavy atom. The lowest BCUT2D eigenvalue weighted by molar-refractivity contribution is -0.116. The van der Waals surface area contributed by atoms with Gasteiger partial charge in [-0.3, -0.25) is 4.79 Å². The Labute approximate surface area is 137 Å². The van der Waals surface area contributed by atoms with Crippen molar-refractivity contribution in [2.45, 2.75) is 33.1 Å². The van der Waals surface area contributed by atoms with Gasteiger partial charge in [-0.2, -0.15) is 0 Å². The Morgan fingerprint density at radius 2 is 1.86 bits per heavy atom. The molecule has 2 aromatic rings. The average Bonchev–Trinajstić information content (AvgIpc) is 3.03. The molecule has 1 heterocycles. The van der Waals surface area contributed by atoms with Gasteiger partial charge in [-0.05, 0) is 62.4 Å². The van der Waals surface area contributed by atoms with Gasteiger partial charge in [-0.15, -0.1) is 11.3 Å². The summed E-state index contributed by atoms with van der Waals surface area (Å²) in [6, 6.07) is 12.3. The number of carbonyl (C=O) groups is 1. The molecule has 0 aliphatic heterocycles. The maximum atomic E-state index is 12.0. The van der Waals surface area contributed by atoms with Gasteiger partial charge in [0.1, 0.15) is 0 Å². The van der Waals surface area contributed by atoms with Crippen LogP contribution < -0.4 is 10.2 Å². The van der Waals surface area contributed by atoms with Gasteiger partial charge >= 0.3 is 0 Å². The number of aryl methyl sites for hydroxylation is 1. The number of rotatable bonds is 8. The standard InChI is InChI=1S/C18H24N2OS/c1-3-20(4-2)16-12-10-15(11-13-16)19-18(21)9-5-7-17-8-6-14-22-17/h6,8,10-14H,3-5,7,9H2,1-2H3,(H,19,21). The number of thiophene rings is 1. The molecule has 0 atom stereocenters. The summed E-state index contributed by atoms with van der Waals surface area (Å²) in [6.45, 7) is 6.27. The molecule has 0 bridgehead atoms. The van der Waals surface area contributed by atoms with Crippen molar-refractivity contribution in [1.82, 2.24) is 0 Å². The normalized spacial score (nSPS) is 10.5. The van der Waals surface area contributed by atoms with Crippen molar-refractivity contribution < 1.29 is 4.79 Å². The molecule has 3 nitrogen and oxygen atoms in total. The predicted molar refractivity (Wildman–Crippen MR) is 95.9 cm³/mol. The Morgan fingerprint density at radius 3 is 2.45 bits per heavy atom. The largest absolute Gasteiger partial charge is 0.372 e. The number of benzene rings is 1. The third kappa shape index (κ3) is 4.88. The number of nitrogens with zero attached hydrogens (tertiary/aromatic N) is 1. The topological polar surface area (TPSA) is 32.3 Å². The zero-order chi connectivity index (χ0) is 15.8. The van der Waals surface area contributed by atoms with E-state index in [0.29, 0.717) is 6.42 Å². The van der Waals surface area contributed by atoms with Crippen LogP contribution in [0.15, 0.2) is 41.8 Å². The molecule has 22 heavy (non-hydrogen) atoms. The fourth-order valence-corrected chi connectivity index (χ4v) is 3.20. The predicted octanol–water partition coefficient (Wildman–Crippen LogP) is 4.56. The van der Waals surface area contributed by atoms with Crippen molar-refractivity contribution in [3.63, 3.8) is 0 Å². The number of anilines is 2. The van der Waals surface area contributed by atoms with Gasteiger partial charge < -0.3 is 10.2 Å². The molecule has 1 aromatic heterocycles. The van der Waals surface area contributed by atoms with Crippen LogP contribution in [0.4, 0.5) is 11.4 Å². The van der Waals surface area contributed by atoms with Crippen LogP contribution in [0.25, 0.3) is 0 Å². The highest BCUT2D eigenvalue weighted by atomic mass is 32.1. The van der Waals surface area contributed by atoms with E-state index in [9.17, 15) is 4.79 Å². The van der Waals surface area contributed by atoms with Gasteiger partial charge in [-0.25, -0.2) is 0 Å². The van der Waals surface area contributed by atoms with Crippen LogP contribution in [0.3, 0.4) is 0 Å². The van der Waals surface area contributed by atoms with Gasteiger partial charge in [0.2, 0.25) is 5.91 Å². The second-order valence-electron chi connectivity index (χ2n) is 5.20. The van der Waals surface area contributed by atoms with Crippen molar-refractivity contribution in [3.05, 3.63) is 46.7 Å². The maximum absolute atomic E-state index is 12.0. The molecule has 1 amide bonds. The van der Waals surface area contributed by atoms with Crippen LogP contribution >= 0.6 is 11.3 Å². The zero-order valence-corrected chi connectivity index (χ0v) is 14.2. The smallest absolute Gasteiger partial charge is 0.224 e. The fraction of sp³-hybridized carbons (Fsp3) is 0.389. The molecule has 1 N–H and O–H groups in total. The summed E-state index contributed by atoms with van der Waals surface area (Å²) in [5, 5.41) is 5.05. The fourth-order valence-electron chi connectivity index (χ4n) is 2.45. The van der Waals surface area contributed by atoms with E-state index in [1.54, 1.807) is 11.3 Å².